The topological polar surface area (TPSA) is 104 Å². The number of aromatic nitrogens is 1. The van der Waals surface area contributed by atoms with Gasteiger partial charge in [-0.15, -0.1) is 0 Å². The molecule has 0 aliphatic carbocycles. The Morgan fingerprint density at radius 1 is 1.15 bits per heavy atom. The number of hydrogen-bond donors (Lipinski definition) is 3. The summed E-state index contributed by atoms with van der Waals surface area (Å²) in [5.74, 6) is -9.31. The second-order valence-electron chi connectivity index (χ2n) is 5.58. The largest absolute Gasteiger partial charge is 0.480 e. The number of anilines is 2. The molecule has 0 radical (unpaired) electrons. The summed E-state index contributed by atoms with van der Waals surface area (Å²) < 4.78 is 42.3. The third-order valence-electron chi connectivity index (χ3n) is 3.82. The number of Topliss-reactive ketones (excluding diaryl/α,β-unsaturated/α-hetero) is 1. The molecule has 1 aromatic heterocycles. The van der Waals surface area contributed by atoms with Crippen LogP contribution in [0.2, 0.25) is 0 Å². The fraction of sp³-hybridized carbons (Fsp3) is 0.176. The molecule has 0 amide bonds. The molecule has 27 heavy (non-hydrogen) atoms. The van der Waals surface area contributed by atoms with E-state index in [9.17, 15) is 22.8 Å². The van der Waals surface area contributed by atoms with Gasteiger partial charge in [-0.1, -0.05) is 6.07 Å². The number of pyridine rings is 1. The summed E-state index contributed by atoms with van der Waals surface area (Å²) in [7, 11) is 0. The van der Waals surface area contributed by atoms with Gasteiger partial charge >= 0.3 is 5.97 Å². The van der Waals surface area contributed by atoms with Gasteiger partial charge in [0.1, 0.15) is 5.82 Å². The van der Waals surface area contributed by atoms with Gasteiger partial charge in [0.15, 0.2) is 23.3 Å². The molecule has 0 bridgehead atoms. The van der Waals surface area contributed by atoms with Crippen molar-refractivity contribution in [1.82, 2.24) is 4.98 Å². The fourth-order valence-corrected chi connectivity index (χ4v) is 2.57. The average Bonchev–Trinajstić information content (AvgIpc) is 2.62. The van der Waals surface area contributed by atoms with Crippen LogP contribution in [0.3, 0.4) is 0 Å². The number of halogens is 3. The lowest BCUT2D eigenvalue weighted by molar-refractivity contribution is -0.138. The standard InChI is InChI=1S/C17H13F3N4O3/c18-13-9(21-5-6-23-10-3-1-2-4-22-10)7-8-11(14(13)19)15(25)12(17(26)27)16(20)24-8/h1-4,7,12,21H,5-6H2,(H,22,23)(H,26,27). The number of carboxylic acid groups (broad SMARTS) is 1. The second-order valence-corrected chi connectivity index (χ2v) is 5.58. The molecule has 0 saturated carbocycles. The highest BCUT2D eigenvalue weighted by molar-refractivity contribution is 6.25. The van der Waals surface area contributed by atoms with E-state index in [2.05, 4.69) is 20.6 Å². The number of aliphatic imine (C=N–C) groups is 1. The number of nitrogens with zero attached hydrogens (tertiary/aromatic N) is 2. The molecule has 2 aromatic rings. The van der Waals surface area contributed by atoms with E-state index in [1.165, 1.54) is 0 Å². The Labute approximate surface area is 151 Å². The summed E-state index contributed by atoms with van der Waals surface area (Å²) >= 11 is 0. The lowest BCUT2D eigenvalue weighted by Gasteiger charge is -2.19. The number of ketones is 1. The second kappa shape index (κ2) is 7.44. The van der Waals surface area contributed by atoms with Crippen LogP contribution < -0.4 is 10.6 Å². The van der Waals surface area contributed by atoms with Crippen LogP contribution in [0.1, 0.15) is 10.4 Å². The van der Waals surface area contributed by atoms with Crippen LogP contribution in [-0.2, 0) is 4.79 Å². The SMILES string of the molecule is O=C(O)C1C(=O)c2c(cc(NCCNc3ccccn3)c(F)c2F)N=C1F. The molecule has 0 saturated heterocycles. The number of carbonyl (C=O) groups excluding carboxylic acids is 1. The highest BCUT2D eigenvalue weighted by atomic mass is 19.2. The Kier molecular flexibility index (Phi) is 5.06. The molecule has 10 heteroatoms. The molecule has 1 aliphatic rings. The predicted octanol–water partition coefficient (Wildman–Crippen LogP) is 2.78. The van der Waals surface area contributed by atoms with Gasteiger partial charge < -0.3 is 15.7 Å². The summed E-state index contributed by atoms with van der Waals surface area (Å²) in [5.41, 5.74) is -1.67. The van der Waals surface area contributed by atoms with Gasteiger partial charge in [0, 0.05) is 19.3 Å². The van der Waals surface area contributed by atoms with Crippen molar-refractivity contribution in [3.63, 3.8) is 0 Å². The number of aliphatic carboxylic acids is 1. The summed E-state index contributed by atoms with van der Waals surface area (Å²) in [5, 5.41) is 14.4. The van der Waals surface area contributed by atoms with E-state index < -0.39 is 46.5 Å². The van der Waals surface area contributed by atoms with Crippen LogP contribution in [0, 0.1) is 17.6 Å². The monoisotopic (exact) mass is 378 g/mol. The van der Waals surface area contributed by atoms with E-state index in [1.54, 1.807) is 24.4 Å². The van der Waals surface area contributed by atoms with Crippen molar-refractivity contribution in [2.24, 2.45) is 10.9 Å². The zero-order valence-corrected chi connectivity index (χ0v) is 13.7. The molecule has 2 heterocycles. The maximum Gasteiger partial charge on any atom is 0.323 e. The lowest BCUT2D eigenvalue weighted by atomic mass is 9.93. The van der Waals surface area contributed by atoms with Crippen molar-refractivity contribution < 1.29 is 27.9 Å². The molecule has 1 aliphatic heterocycles. The van der Waals surface area contributed by atoms with Crippen LogP contribution in [0.5, 0.6) is 0 Å². The Morgan fingerprint density at radius 3 is 2.56 bits per heavy atom. The molecule has 3 N–H and O–H groups in total. The van der Waals surface area contributed by atoms with Crippen molar-refractivity contribution in [3.05, 3.63) is 47.7 Å². The summed E-state index contributed by atoms with van der Waals surface area (Å²) in [6, 6.07) is 6.20. The fourth-order valence-electron chi connectivity index (χ4n) is 2.57. The van der Waals surface area contributed by atoms with Crippen LogP contribution in [0.15, 0.2) is 35.5 Å². The Bertz CT molecular complexity index is 935. The van der Waals surface area contributed by atoms with E-state index in [1.807, 2.05) is 0 Å². The van der Waals surface area contributed by atoms with E-state index >= 15 is 0 Å². The van der Waals surface area contributed by atoms with Crippen LogP contribution >= 0.6 is 0 Å². The number of benzene rings is 1. The first-order chi connectivity index (χ1) is 12.9. The molecular weight excluding hydrogens is 365 g/mol. The van der Waals surface area contributed by atoms with E-state index in [0.29, 0.717) is 12.4 Å². The molecule has 1 unspecified atom stereocenters. The first-order valence-electron chi connectivity index (χ1n) is 7.82. The zero-order valence-electron chi connectivity index (χ0n) is 13.7. The normalized spacial score (nSPS) is 15.7. The summed E-state index contributed by atoms with van der Waals surface area (Å²) in [6.45, 7) is 0.469. The third-order valence-corrected chi connectivity index (χ3v) is 3.82. The zero-order chi connectivity index (χ0) is 19.6. The minimum absolute atomic E-state index is 0.156. The Morgan fingerprint density at radius 2 is 1.89 bits per heavy atom. The van der Waals surface area contributed by atoms with Gasteiger partial charge in [-0.3, -0.25) is 9.59 Å². The molecule has 140 valence electrons. The molecular formula is C17H13F3N4O3. The van der Waals surface area contributed by atoms with Gasteiger partial charge in [-0.25, -0.2) is 18.8 Å². The minimum atomic E-state index is -2.27. The first-order valence-corrected chi connectivity index (χ1v) is 7.82. The number of carboxylic acids is 1. The van der Waals surface area contributed by atoms with Gasteiger partial charge in [0.2, 0.25) is 5.97 Å². The number of nitrogens with one attached hydrogen (secondary N) is 2. The maximum atomic E-state index is 14.3. The van der Waals surface area contributed by atoms with Crippen LogP contribution in [-0.4, -0.2) is 40.9 Å². The molecule has 3 rings (SSSR count). The number of fused-ring (bicyclic) bond motifs is 1. The number of carbonyl (C=O) groups is 2. The van der Waals surface area contributed by atoms with Gasteiger partial charge in [0.05, 0.1) is 16.9 Å². The molecule has 1 aromatic carbocycles. The first kappa shape index (κ1) is 18.4. The van der Waals surface area contributed by atoms with Crippen molar-refractivity contribution in [3.8, 4) is 0 Å². The number of hydrogen-bond acceptors (Lipinski definition) is 6. The van der Waals surface area contributed by atoms with Crippen LogP contribution in [0.4, 0.5) is 30.4 Å². The average molecular weight is 378 g/mol. The van der Waals surface area contributed by atoms with E-state index in [-0.39, 0.29) is 12.2 Å². The lowest BCUT2D eigenvalue weighted by Crippen LogP contribution is -2.33. The molecule has 0 fully saturated rings. The highest BCUT2D eigenvalue weighted by Gasteiger charge is 2.40. The minimum Gasteiger partial charge on any atom is -0.480 e. The van der Waals surface area contributed by atoms with Crippen molar-refractivity contribution in [2.45, 2.75) is 0 Å². The Balaban J connectivity index is 1.78. The smallest absolute Gasteiger partial charge is 0.323 e. The van der Waals surface area contributed by atoms with Gasteiger partial charge in [-0.2, -0.15) is 4.39 Å². The van der Waals surface area contributed by atoms with Crippen molar-refractivity contribution in [2.75, 3.05) is 23.7 Å². The summed E-state index contributed by atoms with van der Waals surface area (Å²) in [4.78, 5) is 30.3. The quantitative estimate of drug-likeness (QED) is 0.528. The molecule has 0 spiro atoms. The maximum absolute atomic E-state index is 14.3. The summed E-state index contributed by atoms with van der Waals surface area (Å²) in [6.07, 6.45) is 1.59. The molecule has 7 nitrogen and oxygen atoms in total. The van der Waals surface area contributed by atoms with Gasteiger partial charge in [0.25, 0.3) is 0 Å². The highest BCUT2D eigenvalue weighted by Crippen LogP contribution is 2.36. The molecule has 1 atom stereocenters. The predicted molar refractivity (Wildman–Crippen MR) is 91.2 cm³/mol. The third kappa shape index (κ3) is 3.59. The Hall–Kier alpha value is -3.43. The van der Waals surface area contributed by atoms with E-state index in [4.69, 9.17) is 5.11 Å². The van der Waals surface area contributed by atoms with Crippen molar-refractivity contribution >= 4 is 34.9 Å². The van der Waals surface area contributed by atoms with Crippen molar-refractivity contribution in [1.29, 1.82) is 0 Å². The number of rotatable bonds is 6. The van der Waals surface area contributed by atoms with Gasteiger partial charge in [-0.05, 0) is 18.2 Å². The van der Waals surface area contributed by atoms with E-state index in [0.717, 1.165) is 6.07 Å². The van der Waals surface area contributed by atoms with Crippen LogP contribution in [0.25, 0.3) is 0 Å².